The standard InChI is InChI=1S/C29H32N6O/c1-35-15-12-21(13-16-35)18-32-29-27(34-25(19-33-29)22-5-3-2-4-6-22)26(36)10-8-20-7-9-24-23(17-20)11-14-31-28(24)30/h2-7,9,11,14,17,19,21H,8,10,12-13,15-16,18H2,1H3,(H2,30,31)(H,32,33). The van der Waals surface area contributed by atoms with Gasteiger partial charge in [-0.25, -0.2) is 15.0 Å². The van der Waals surface area contributed by atoms with Crippen LogP contribution >= 0.6 is 0 Å². The second kappa shape index (κ2) is 10.8. The fourth-order valence-corrected chi connectivity index (χ4v) is 4.75. The second-order valence-electron chi connectivity index (χ2n) is 9.62. The van der Waals surface area contributed by atoms with Crippen molar-refractivity contribution in [2.45, 2.75) is 25.7 Å². The summed E-state index contributed by atoms with van der Waals surface area (Å²) in [5, 5.41) is 5.40. The molecule has 7 heteroatoms. The van der Waals surface area contributed by atoms with Crippen LogP contribution < -0.4 is 11.1 Å². The Morgan fingerprint density at radius 3 is 2.69 bits per heavy atom. The lowest BCUT2D eigenvalue weighted by Crippen LogP contribution is -2.33. The molecule has 0 aliphatic carbocycles. The number of anilines is 2. The van der Waals surface area contributed by atoms with Crippen molar-refractivity contribution >= 4 is 28.2 Å². The van der Waals surface area contributed by atoms with E-state index in [2.05, 4.69) is 33.3 Å². The monoisotopic (exact) mass is 480 g/mol. The van der Waals surface area contributed by atoms with E-state index >= 15 is 0 Å². The number of ketones is 1. The number of benzene rings is 2. The van der Waals surface area contributed by atoms with E-state index in [9.17, 15) is 4.79 Å². The Morgan fingerprint density at radius 2 is 1.89 bits per heavy atom. The van der Waals surface area contributed by atoms with Crippen molar-refractivity contribution in [1.29, 1.82) is 0 Å². The van der Waals surface area contributed by atoms with Crippen LogP contribution in [-0.2, 0) is 6.42 Å². The van der Waals surface area contributed by atoms with Crippen molar-refractivity contribution in [1.82, 2.24) is 19.9 Å². The van der Waals surface area contributed by atoms with E-state index in [1.54, 1.807) is 12.4 Å². The number of nitrogen functional groups attached to an aromatic ring is 1. The van der Waals surface area contributed by atoms with Gasteiger partial charge in [-0.15, -0.1) is 0 Å². The van der Waals surface area contributed by atoms with E-state index in [-0.39, 0.29) is 5.78 Å². The Hall–Kier alpha value is -3.84. The molecule has 7 nitrogen and oxygen atoms in total. The predicted octanol–water partition coefficient (Wildman–Crippen LogP) is 4.84. The molecule has 1 aliphatic heterocycles. The highest BCUT2D eigenvalue weighted by molar-refractivity contribution is 5.99. The molecule has 0 unspecified atom stereocenters. The van der Waals surface area contributed by atoms with E-state index in [1.165, 1.54) is 0 Å². The van der Waals surface area contributed by atoms with Crippen LogP contribution in [0.1, 0.15) is 35.3 Å². The molecule has 0 amide bonds. The second-order valence-corrected chi connectivity index (χ2v) is 9.62. The van der Waals surface area contributed by atoms with Gasteiger partial charge in [-0.05, 0) is 62.3 Å². The molecule has 0 saturated carbocycles. The molecule has 2 aromatic heterocycles. The van der Waals surface area contributed by atoms with E-state index in [1.807, 2.05) is 48.5 Å². The normalized spacial score (nSPS) is 14.7. The first-order valence-electron chi connectivity index (χ1n) is 12.6. The third kappa shape index (κ3) is 5.52. The van der Waals surface area contributed by atoms with Gasteiger partial charge in [0.1, 0.15) is 11.5 Å². The summed E-state index contributed by atoms with van der Waals surface area (Å²) in [4.78, 5) is 29.4. The van der Waals surface area contributed by atoms with Crippen LogP contribution in [-0.4, -0.2) is 52.3 Å². The number of rotatable bonds is 8. The number of nitrogens with zero attached hydrogens (tertiary/aromatic N) is 4. The van der Waals surface area contributed by atoms with Crippen LogP contribution in [0.3, 0.4) is 0 Å². The number of nitrogens with two attached hydrogens (primary N) is 1. The van der Waals surface area contributed by atoms with Gasteiger partial charge < -0.3 is 16.0 Å². The maximum Gasteiger partial charge on any atom is 0.185 e. The lowest BCUT2D eigenvalue weighted by Gasteiger charge is -2.29. The molecule has 0 radical (unpaired) electrons. The van der Waals surface area contributed by atoms with E-state index in [4.69, 9.17) is 10.7 Å². The zero-order chi connectivity index (χ0) is 24.9. The van der Waals surface area contributed by atoms with Gasteiger partial charge in [0, 0.05) is 30.1 Å². The molecule has 1 saturated heterocycles. The summed E-state index contributed by atoms with van der Waals surface area (Å²) in [6.45, 7) is 3.00. The number of nitrogens with one attached hydrogen (secondary N) is 1. The summed E-state index contributed by atoms with van der Waals surface area (Å²) in [6.07, 6.45) is 6.71. The van der Waals surface area contributed by atoms with Crippen molar-refractivity contribution in [3.8, 4) is 11.3 Å². The SMILES string of the molecule is CN1CCC(CNc2ncc(-c3ccccc3)nc2C(=O)CCc2ccc3c(N)nccc3c2)CC1. The predicted molar refractivity (Wildman–Crippen MR) is 145 cm³/mol. The molecule has 0 bridgehead atoms. The van der Waals surface area contributed by atoms with Crippen LogP contribution in [0, 0.1) is 5.92 Å². The first-order valence-corrected chi connectivity index (χ1v) is 12.6. The average molecular weight is 481 g/mol. The largest absolute Gasteiger partial charge is 0.383 e. The van der Waals surface area contributed by atoms with Crippen molar-refractivity contribution in [2.75, 3.05) is 37.7 Å². The summed E-state index contributed by atoms with van der Waals surface area (Å²) in [5.41, 5.74) is 9.13. The lowest BCUT2D eigenvalue weighted by molar-refractivity contribution is 0.0978. The van der Waals surface area contributed by atoms with Gasteiger partial charge >= 0.3 is 0 Å². The minimum atomic E-state index is -0.0134. The van der Waals surface area contributed by atoms with E-state index in [0.717, 1.165) is 54.4 Å². The smallest absolute Gasteiger partial charge is 0.185 e. The van der Waals surface area contributed by atoms with Gasteiger partial charge in [-0.1, -0.05) is 48.5 Å². The Morgan fingerprint density at radius 1 is 1.08 bits per heavy atom. The van der Waals surface area contributed by atoms with Gasteiger partial charge in [-0.2, -0.15) is 0 Å². The average Bonchev–Trinajstić information content (AvgIpc) is 2.92. The molecule has 5 rings (SSSR count). The van der Waals surface area contributed by atoms with Crippen LogP contribution in [0.2, 0.25) is 0 Å². The van der Waals surface area contributed by atoms with E-state index in [0.29, 0.717) is 41.8 Å². The number of hydrogen-bond donors (Lipinski definition) is 2. The molecule has 1 aliphatic rings. The Bertz CT molecular complexity index is 1350. The number of fused-ring (bicyclic) bond motifs is 1. The number of aryl methyl sites for hydroxylation is 1. The maximum atomic E-state index is 13.5. The first kappa shape index (κ1) is 23.9. The summed E-state index contributed by atoms with van der Waals surface area (Å²) >= 11 is 0. The first-order chi connectivity index (χ1) is 17.6. The van der Waals surface area contributed by atoms with Gasteiger partial charge in [0.05, 0.1) is 11.9 Å². The highest BCUT2D eigenvalue weighted by atomic mass is 16.1. The van der Waals surface area contributed by atoms with Gasteiger partial charge in [-0.3, -0.25) is 4.79 Å². The molecule has 1 fully saturated rings. The molecule has 3 N–H and O–H groups in total. The third-order valence-corrected chi connectivity index (χ3v) is 7.00. The Balaban J connectivity index is 1.35. The molecular weight excluding hydrogens is 448 g/mol. The quantitative estimate of drug-likeness (QED) is 0.348. The molecule has 0 spiro atoms. The highest BCUT2D eigenvalue weighted by Gasteiger charge is 2.20. The van der Waals surface area contributed by atoms with Gasteiger partial charge in [0.25, 0.3) is 0 Å². The van der Waals surface area contributed by atoms with Crippen molar-refractivity contribution in [3.63, 3.8) is 0 Å². The fourth-order valence-electron chi connectivity index (χ4n) is 4.75. The highest BCUT2D eigenvalue weighted by Crippen LogP contribution is 2.24. The topological polar surface area (TPSA) is 97.0 Å². The van der Waals surface area contributed by atoms with Crippen LogP contribution in [0.4, 0.5) is 11.6 Å². The summed E-state index contributed by atoms with van der Waals surface area (Å²) in [7, 11) is 2.16. The van der Waals surface area contributed by atoms with Crippen LogP contribution in [0.15, 0.2) is 67.0 Å². The molecular formula is C29H32N6O. The number of likely N-dealkylation sites (tertiary alicyclic amines) is 1. The number of carbonyl (C=O) groups is 1. The van der Waals surface area contributed by atoms with Gasteiger partial charge in [0.2, 0.25) is 0 Å². The van der Waals surface area contributed by atoms with Crippen LogP contribution in [0.5, 0.6) is 0 Å². The number of hydrogen-bond acceptors (Lipinski definition) is 7. The Labute approximate surface area is 211 Å². The molecule has 36 heavy (non-hydrogen) atoms. The number of aromatic nitrogens is 3. The minimum Gasteiger partial charge on any atom is -0.383 e. The van der Waals surface area contributed by atoms with E-state index < -0.39 is 0 Å². The molecule has 4 aromatic rings. The number of piperidine rings is 1. The number of carbonyl (C=O) groups excluding carboxylic acids is 1. The Kier molecular flexibility index (Phi) is 7.18. The molecule has 0 atom stereocenters. The minimum absolute atomic E-state index is 0.0134. The molecule has 184 valence electrons. The van der Waals surface area contributed by atoms with Crippen molar-refractivity contribution in [2.24, 2.45) is 5.92 Å². The summed E-state index contributed by atoms with van der Waals surface area (Å²) in [5.74, 6) is 1.65. The molecule has 2 aromatic carbocycles. The number of pyridine rings is 1. The van der Waals surface area contributed by atoms with Crippen LogP contribution in [0.25, 0.3) is 22.0 Å². The van der Waals surface area contributed by atoms with Gasteiger partial charge in [0.15, 0.2) is 11.6 Å². The number of Topliss-reactive ketones (excluding diaryl/α,β-unsaturated/α-hetero) is 1. The zero-order valence-electron chi connectivity index (χ0n) is 20.7. The lowest BCUT2D eigenvalue weighted by atomic mass is 9.97. The summed E-state index contributed by atoms with van der Waals surface area (Å²) < 4.78 is 0. The molecule has 3 heterocycles. The summed E-state index contributed by atoms with van der Waals surface area (Å²) in [6, 6.07) is 17.9. The van der Waals surface area contributed by atoms with Crippen molar-refractivity contribution in [3.05, 3.63) is 78.2 Å². The third-order valence-electron chi connectivity index (χ3n) is 7.00. The maximum absolute atomic E-state index is 13.5. The van der Waals surface area contributed by atoms with Crippen molar-refractivity contribution < 1.29 is 4.79 Å². The fraction of sp³-hybridized carbons (Fsp3) is 0.310. The zero-order valence-corrected chi connectivity index (χ0v) is 20.7.